The van der Waals surface area contributed by atoms with Crippen LogP contribution in [0.2, 0.25) is 0 Å². The van der Waals surface area contributed by atoms with E-state index < -0.39 is 0 Å². The van der Waals surface area contributed by atoms with Crippen LogP contribution in [0.4, 0.5) is 5.82 Å². The zero-order chi connectivity index (χ0) is 14.2. The minimum atomic E-state index is -0.329. The molecule has 0 saturated carbocycles. The fraction of sp³-hybridized carbons (Fsp3) is 0.467. The van der Waals surface area contributed by atoms with Crippen molar-refractivity contribution >= 4 is 42.7 Å². The second-order valence-corrected chi connectivity index (χ2v) is 4.73. The lowest BCUT2D eigenvalue weighted by molar-refractivity contribution is -0.137. The van der Waals surface area contributed by atoms with Gasteiger partial charge >= 0.3 is 5.97 Å². The number of hydrogen-bond acceptors (Lipinski definition) is 5. The first kappa shape index (κ1) is 20.7. The van der Waals surface area contributed by atoms with Crippen molar-refractivity contribution in [2.45, 2.75) is 25.8 Å². The van der Waals surface area contributed by atoms with Gasteiger partial charge in [0.15, 0.2) is 0 Å². The third kappa shape index (κ3) is 7.11. The van der Waals surface area contributed by atoms with E-state index in [0.29, 0.717) is 12.6 Å². The molecule has 0 bridgehead atoms. The molecule has 1 saturated heterocycles. The smallest absolute Gasteiger partial charge is 0.330 e. The van der Waals surface area contributed by atoms with Crippen LogP contribution in [-0.2, 0) is 9.53 Å². The third-order valence-electron chi connectivity index (χ3n) is 3.18. The molecule has 1 aromatic heterocycles. The number of hydrogen-bond donors (Lipinski definition) is 2. The van der Waals surface area contributed by atoms with Crippen LogP contribution in [0.1, 0.15) is 25.3 Å². The number of pyridine rings is 1. The molecule has 0 spiro atoms. The van der Waals surface area contributed by atoms with Gasteiger partial charge in [0, 0.05) is 18.3 Å². The van der Waals surface area contributed by atoms with Crippen molar-refractivity contribution in [2.24, 2.45) is 0 Å². The average Bonchev–Trinajstić information content (AvgIpc) is 2.48. The van der Waals surface area contributed by atoms with Crippen molar-refractivity contribution in [1.29, 1.82) is 0 Å². The quantitative estimate of drug-likeness (QED) is 0.633. The third-order valence-corrected chi connectivity index (χ3v) is 3.18. The molecular formula is C15H23Cl2N3O2. The molecule has 0 unspecified atom stereocenters. The van der Waals surface area contributed by atoms with Gasteiger partial charge in [0.25, 0.3) is 0 Å². The van der Waals surface area contributed by atoms with Gasteiger partial charge in [-0.2, -0.15) is 0 Å². The summed E-state index contributed by atoms with van der Waals surface area (Å²) in [6.45, 7) is 4.28. The van der Waals surface area contributed by atoms with Gasteiger partial charge in [-0.05, 0) is 56.6 Å². The Bertz CT molecular complexity index is 460. The van der Waals surface area contributed by atoms with E-state index >= 15 is 0 Å². The highest BCUT2D eigenvalue weighted by Crippen LogP contribution is 2.12. The summed E-state index contributed by atoms with van der Waals surface area (Å²) in [5, 5.41) is 6.76. The summed E-state index contributed by atoms with van der Waals surface area (Å²) in [6, 6.07) is 4.36. The van der Waals surface area contributed by atoms with E-state index in [0.717, 1.165) is 37.3 Å². The summed E-state index contributed by atoms with van der Waals surface area (Å²) in [4.78, 5) is 15.6. The standard InChI is InChI=1S/C15H21N3O2.2ClH/c1-2-20-15(19)6-4-12-3-5-14(17-11-12)18-13-7-9-16-10-8-13;;/h3-6,11,13,16H,2,7-10H2,1H3,(H,17,18);2*1H. The second-order valence-electron chi connectivity index (χ2n) is 4.73. The molecule has 2 N–H and O–H groups in total. The van der Waals surface area contributed by atoms with Gasteiger partial charge in [0.05, 0.1) is 6.61 Å². The molecule has 1 fully saturated rings. The maximum atomic E-state index is 11.2. The van der Waals surface area contributed by atoms with Crippen molar-refractivity contribution < 1.29 is 9.53 Å². The molecular weight excluding hydrogens is 325 g/mol. The van der Waals surface area contributed by atoms with E-state index in [1.165, 1.54) is 6.08 Å². The minimum Gasteiger partial charge on any atom is -0.463 e. The number of esters is 1. The van der Waals surface area contributed by atoms with E-state index in [9.17, 15) is 4.79 Å². The number of nitrogens with one attached hydrogen (secondary N) is 2. The molecule has 2 rings (SSSR count). The Morgan fingerprint density at radius 1 is 1.41 bits per heavy atom. The summed E-state index contributed by atoms with van der Waals surface area (Å²) in [6.07, 6.45) is 7.11. The average molecular weight is 348 g/mol. The van der Waals surface area contributed by atoms with Crippen LogP contribution in [0.3, 0.4) is 0 Å². The Morgan fingerprint density at radius 2 is 2.14 bits per heavy atom. The lowest BCUT2D eigenvalue weighted by Crippen LogP contribution is -2.35. The van der Waals surface area contributed by atoms with E-state index in [2.05, 4.69) is 15.6 Å². The van der Waals surface area contributed by atoms with E-state index in [1.807, 2.05) is 12.1 Å². The summed E-state index contributed by atoms with van der Waals surface area (Å²) in [5.41, 5.74) is 0.883. The highest BCUT2D eigenvalue weighted by molar-refractivity contribution is 5.87. The normalized spacial score (nSPS) is 14.8. The van der Waals surface area contributed by atoms with Gasteiger partial charge < -0.3 is 15.4 Å². The number of carbonyl (C=O) groups is 1. The fourth-order valence-corrected chi connectivity index (χ4v) is 2.12. The number of aromatic nitrogens is 1. The van der Waals surface area contributed by atoms with E-state index in [-0.39, 0.29) is 30.8 Å². The zero-order valence-corrected chi connectivity index (χ0v) is 14.2. The van der Waals surface area contributed by atoms with E-state index in [1.54, 1.807) is 19.2 Å². The molecule has 0 aromatic carbocycles. The van der Waals surface area contributed by atoms with Crippen molar-refractivity contribution in [3.8, 4) is 0 Å². The largest absolute Gasteiger partial charge is 0.463 e. The molecule has 0 radical (unpaired) electrons. The molecule has 0 atom stereocenters. The van der Waals surface area contributed by atoms with Crippen LogP contribution in [-0.4, -0.2) is 36.7 Å². The lowest BCUT2D eigenvalue weighted by Gasteiger charge is -2.24. The second kappa shape index (κ2) is 11.3. The number of piperidine rings is 1. The van der Waals surface area contributed by atoms with Gasteiger partial charge in [0.2, 0.25) is 0 Å². The molecule has 124 valence electrons. The first-order chi connectivity index (χ1) is 9.78. The monoisotopic (exact) mass is 347 g/mol. The number of anilines is 1. The first-order valence-electron chi connectivity index (χ1n) is 7.06. The van der Waals surface area contributed by atoms with Crippen LogP contribution in [0.15, 0.2) is 24.4 Å². The highest BCUT2D eigenvalue weighted by Gasteiger charge is 2.12. The van der Waals surface area contributed by atoms with Gasteiger partial charge in [-0.25, -0.2) is 9.78 Å². The van der Waals surface area contributed by atoms with Crippen LogP contribution >= 0.6 is 24.8 Å². The highest BCUT2D eigenvalue weighted by atomic mass is 35.5. The van der Waals surface area contributed by atoms with E-state index in [4.69, 9.17) is 4.74 Å². The molecule has 1 aliphatic heterocycles. The van der Waals surface area contributed by atoms with Crippen molar-refractivity contribution in [3.63, 3.8) is 0 Å². The van der Waals surface area contributed by atoms with Gasteiger partial charge in [-0.3, -0.25) is 0 Å². The predicted octanol–water partition coefficient (Wildman–Crippen LogP) is 2.67. The molecule has 22 heavy (non-hydrogen) atoms. The van der Waals surface area contributed by atoms with Crippen LogP contribution < -0.4 is 10.6 Å². The lowest BCUT2D eigenvalue weighted by atomic mass is 10.1. The van der Waals surface area contributed by atoms with Gasteiger partial charge in [-0.15, -0.1) is 24.8 Å². The topological polar surface area (TPSA) is 63.2 Å². The number of carbonyl (C=O) groups excluding carboxylic acids is 1. The molecule has 5 nitrogen and oxygen atoms in total. The zero-order valence-electron chi connectivity index (χ0n) is 12.6. The molecule has 0 amide bonds. The van der Waals surface area contributed by atoms with Crippen molar-refractivity contribution in [2.75, 3.05) is 25.0 Å². The Kier molecular flexibility index (Phi) is 10.6. The molecule has 1 aromatic rings. The minimum absolute atomic E-state index is 0. The molecule has 1 aliphatic rings. The summed E-state index contributed by atoms with van der Waals surface area (Å²) >= 11 is 0. The number of halogens is 2. The van der Waals surface area contributed by atoms with Crippen molar-refractivity contribution in [1.82, 2.24) is 10.3 Å². The summed E-state index contributed by atoms with van der Waals surface area (Å²) < 4.78 is 4.82. The maximum Gasteiger partial charge on any atom is 0.330 e. The fourth-order valence-electron chi connectivity index (χ4n) is 2.12. The van der Waals surface area contributed by atoms with Crippen LogP contribution in [0.5, 0.6) is 0 Å². The SMILES string of the molecule is CCOC(=O)C=Cc1ccc(NC2CCNCC2)nc1.Cl.Cl. The first-order valence-corrected chi connectivity index (χ1v) is 7.06. The summed E-state index contributed by atoms with van der Waals surface area (Å²) in [7, 11) is 0. The van der Waals surface area contributed by atoms with Crippen molar-refractivity contribution in [3.05, 3.63) is 30.0 Å². The number of rotatable bonds is 5. The van der Waals surface area contributed by atoms with Crippen LogP contribution in [0.25, 0.3) is 6.08 Å². The predicted molar refractivity (Wildman–Crippen MR) is 93.9 cm³/mol. The number of nitrogens with zero attached hydrogens (tertiary/aromatic N) is 1. The Hall–Kier alpha value is -1.30. The van der Waals surface area contributed by atoms with Gasteiger partial charge in [-0.1, -0.05) is 0 Å². The molecule has 7 heteroatoms. The number of ether oxygens (including phenoxy) is 1. The molecule has 0 aliphatic carbocycles. The van der Waals surface area contributed by atoms with Crippen LogP contribution in [0, 0.1) is 0 Å². The van der Waals surface area contributed by atoms with Gasteiger partial charge in [0.1, 0.15) is 5.82 Å². The Balaban J connectivity index is 0.00000220. The Morgan fingerprint density at radius 3 is 2.73 bits per heavy atom. The molecule has 2 heterocycles. The maximum absolute atomic E-state index is 11.2. The summed E-state index contributed by atoms with van der Waals surface area (Å²) in [5.74, 6) is 0.551. The Labute approximate surface area is 143 Å².